The first-order chi connectivity index (χ1) is 12.9. The number of carbonyl (C=O) groups excluding carboxylic acids is 2. The van der Waals surface area contributed by atoms with E-state index in [1.807, 2.05) is 30.3 Å². The third-order valence-corrected chi connectivity index (χ3v) is 4.01. The Balaban J connectivity index is 2.58. The molecule has 1 heterocycles. The largest absolute Gasteiger partial charge is 0.487 e. The minimum atomic E-state index is -1.70. The molecule has 144 valence electrons. The first-order valence-electron chi connectivity index (χ1n) is 8.20. The van der Waals surface area contributed by atoms with Crippen molar-refractivity contribution >= 4 is 23.5 Å². The van der Waals surface area contributed by atoms with Gasteiger partial charge >= 0.3 is 11.9 Å². The van der Waals surface area contributed by atoms with Crippen molar-refractivity contribution in [2.24, 2.45) is 0 Å². The number of halogens is 1. The van der Waals surface area contributed by atoms with E-state index in [9.17, 15) is 14.7 Å². The maximum absolute atomic E-state index is 12.4. The van der Waals surface area contributed by atoms with Gasteiger partial charge in [0.25, 0.3) is 0 Å². The fraction of sp³-hybridized carbons (Fsp3) is 0.316. The Morgan fingerprint density at radius 3 is 2.52 bits per heavy atom. The molecule has 0 aliphatic heterocycles. The standard InChI is InChI=1S/C19H20ClNO6/c1-4-26-18(23)14-16(27-10-12-8-6-5-7-9-12)13(11(2)21-17(14)20)15(22)19(24)25-3/h5-9,15,22H,4,10H2,1-3H3. The smallest absolute Gasteiger partial charge is 0.345 e. The summed E-state index contributed by atoms with van der Waals surface area (Å²) in [6.07, 6.45) is -1.70. The van der Waals surface area contributed by atoms with Crippen LogP contribution in [-0.2, 0) is 20.9 Å². The van der Waals surface area contributed by atoms with E-state index >= 15 is 0 Å². The molecular weight excluding hydrogens is 374 g/mol. The van der Waals surface area contributed by atoms with Gasteiger partial charge in [-0.15, -0.1) is 0 Å². The van der Waals surface area contributed by atoms with Crippen LogP contribution in [0.15, 0.2) is 30.3 Å². The summed E-state index contributed by atoms with van der Waals surface area (Å²) in [5.41, 5.74) is 0.897. The number of hydrogen-bond acceptors (Lipinski definition) is 7. The number of aliphatic hydroxyl groups excluding tert-OH is 1. The number of nitrogens with zero attached hydrogens (tertiary/aromatic N) is 1. The van der Waals surface area contributed by atoms with Crippen LogP contribution in [0.4, 0.5) is 0 Å². The second-order valence-corrected chi connectivity index (χ2v) is 5.88. The van der Waals surface area contributed by atoms with Gasteiger partial charge in [-0.2, -0.15) is 0 Å². The van der Waals surface area contributed by atoms with Crippen LogP contribution in [0, 0.1) is 6.92 Å². The van der Waals surface area contributed by atoms with E-state index < -0.39 is 18.0 Å². The second-order valence-electron chi connectivity index (χ2n) is 5.53. The van der Waals surface area contributed by atoms with Crippen LogP contribution in [-0.4, -0.2) is 35.7 Å². The topological polar surface area (TPSA) is 95.0 Å². The van der Waals surface area contributed by atoms with Crippen LogP contribution in [0.5, 0.6) is 5.75 Å². The number of aliphatic hydroxyl groups is 1. The Morgan fingerprint density at radius 1 is 1.26 bits per heavy atom. The molecule has 2 rings (SSSR count). The summed E-state index contributed by atoms with van der Waals surface area (Å²) in [7, 11) is 1.14. The highest BCUT2D eigenvalue weighted by molar-refractivity contribution is 6.32. The number of carbonyl (C=O) groups is 2. The van der Waals surface area contributed by atoms with Crippen molar-refractivity contribution in [2.75, 3.05) is 13.7 Å². The maximum Gasteiger partial charge on any atom is 0.345 e. The molecule has 0 saturated heterocycles. The molecule has 1 aromatic heterocycles. The molecule has 0 amide bonds. The lowest BCUT2D eigenvalue weighted by atomic mass is 10.0. The molecular formula is C19H20ClNO6. The molecule has 8 heteroatoms. The lowest BCUT2D eigenvalue weighted by molar-refractivity contribution is -0.150. The van der Waals surface area contributed by atoms with Crippen molar-refractivity contribution in [3.63, 3.8) is 0 Å². The summed E-state index contributed by atoms with van der Waals surface area (Å²) in [5.74, 6) is -1.74. The van der Waals surface area contributed by atoms with Crippen molar-refractivity contribution < 1.29 is 28.9 Å². The zero-order valence-electron chi connectivity index (χ0n) is 15.2. The van der Waals surface area contributed by atoms with Crippen molar-refractivity contribution in [2.45, 2.75) is 26.6 Å². The predicted molar refractivity (Wildman–Crippen MR) is 97.7 cm³/mol. The van der Waals surface area contributed by atoms with Crippen LogP contribution in [0.25, 0.3) is 0 Å². The summed E-state index contributed by atoms with van der Waals surface area (Å²) in [5, 5.41) is 10.2. The van der Waals surface area contributed by atoms with Crippen molar-refractivity contribution in [3.05, 3.63) is 57.9 Å². The molecule has 0 fully saturated rings. The number of hydrogen-bond donors (Lipinski definition) is 1. The minimum Gasteiger partial charge on any atom is -0.487 e. The van der Waals surface area contributed by atoms with E-state index in [-0.39, 0.29) is 40.9 Å². The van der Waals surface area contributed by atoms with Gasteiger partial charge in [0, 0.05) is 5.69 Å². The number of rotatable bonds is 7. The highest BCUT2D eigenvalue weighted by Gasteiger charge is 2.32. The van der Waals surface area contributed by atoms with Gasteiger partial charge in [-0.3, -0.25) is 0 Å². The molecule has 1 unspecified atom stereocenters. The average molecular weight is 394 g/mol. The third kappa shape index (κ3) is 4.75. The fourth-order valence-corrected chi connectivity index (χ4v) is 2.76. The highest BCUT2D eigenvalue weighted by atomic mass is 35.5. The van der Waals surface area contributed by atoms with Crippen LogP contribution in [0.2, 0.25) is 5.15 Å². The Kier molecular flexibility index (Phi) is 7.15. The minimum absolute atomic E-state index is 0.00485. The summed E-state index contributed by atoms with van der Waals surface area (Å²) >= 11 is 6.15. The number of aromatic nitrogens is 1. The molecule has 0 aliphatic carbocycles. The van der Waals surface area contributed by atoms with Gasteiger partial charge < -0.3 is 19.3 Å². The second kappa shape index (κ2) is 9.34. The molecule has 0 spiro atoms. The van der Waals surface area contributed by atoms with Gasteiger partial charge in [0.1, 0.15) is 23.1 Å². The van der Waals surface area contributed by atoms with Crippen LogP contribution >= 0.6 is 11.6 Å². The number of ether oxygens (including phenoxy) is 3. The molecule has 0 aliphatic rings. The monoisotopic (exact) mass is 393 g/mol. The summed E-state index contributed by atoms with van der Waals surface area (Å²) in [6, 6.07) is 9.18. The maximum atomic E-state index is 12.4. The van der Waals surface area contributed by atoms with Crippen molar-refractivity contribution in [3.8, 4) is 5.75 Å². The van der Waals surface area contributed by atoms with Gasteiger partial charge in [0.05, 0.1) is 19.3 Å². The van der Waals surface area contributed by atoms with Gasteiger partial charge in [-0.25, -0.2) is 14.6 Å². The molecule has 0 radical (unpaired) electrons. The Labute approximate surface area is 161 Å². The number of aryl methyl sites for hydroxylation is 1. The summed E-state index contributed by atoms with van der Waals surface area (Å²) < 4.78 is 15.4. The van der Waals surface area contributed by atoms with Gasteiger partial charge in [-0.1, -0.05) is 41.9 Å². The Hall–Kier alpha value is -2.64. The first-order valence-corrected chi connectivity index (χ1v) is 8.58. The van der Waals surface area contributed by atoms with Crippen LogP contribution in [0.3, 0.4) is 0 Å². The van der Waals surface area contributed by atoms with E-state index in [0.717, 1.165) is 12.7 Å². The SMILES string of the molecule is CCOC(=O)c1c(Cl)nc(C)c(C(O)C(=O)OC)c1OCc1ccccc1. The van der Waals surface area contributed by atoms with E-state index in [0.29, 0.717) is 0 Å². The third-order valence-electron chi connectivity index (χ3n) is 3.74. The normalized spacial score (nSPS) is 11.6. The summed E-state index contributed by atoms with van der Waals surface area (Å²) in [6.45, 7) is 3.36. The van der Waals surface area contributed by atoms with Crippen molar-refractivity contribution in [1.82, 2.24) is 4.98 Å². The molecule has 1 aromatic carbocycles. The average Bonchev–Trinajstić information content (AvgIpc) is 2.65. The van der Waals surface area contributed by atoms with Crippen molar-refractivity contribution in [1.29, 1.82) is 0 Å². The first kappa shape index (κ1) is 20.7. The molecule has 1 N–H and O–H groups in total. The molecule has 2 aromatic rings. The Bertz CT molecular complexity index is 825. The number of methoxy groups -OCH3 is 1. The number of pyridine rings is 1. The quantitative estimate of drug-likeness (QED) is 0.570. The predicted octanol–water partition coefficient (Wildman–Crippen LogP) is 3.01. The molecule has 27 heavy (non-hydrogen) atoms. The van der Waals surface area contributed by atoms with Gasteiger partial charge in [0.15, 0.2) is 6.10 Å². The van der Waals surface area contributed by atoms with E-state index in [4.69, 9.17) is 21.1 Å². The molecule has 0 bridgehead atoms. The Morgan fingerprint density at radius 2 is 1.93 bits per heavy atom. The molecule has 0 saturated carbocycles. The zero-order valence-corrected chi connectivity index (χ0v) is 15.9. The lowest BCUT2D eigenvalue weighted by Crippen LogP contribution is -2.20. The van der Waals surface area contributed by atoms with E-state index in [1.54, 1.807) is 6.92 Å². The molecule has 7 nitrogen and oxygen atoms in total. The number of benzene rings is 1. The van der Waals surface area contributed by atoms with Gasteiger partial charge in [0.2, 0.25) is 0 Å². The summed E-state index contributed by atoms with van der Waals surface area (Å²) in [4.78, 5) is 28.3. The number of esters is 2. The molecule has 1 atom stereocenters. The fourth-order valence-electron chi connectivity index (χ4n) is 2.47. The van der Waals surface area contributed by atoms with E-state index in [2.05, 4.69) is 9.72 Å². The zero-order chi connectivity index (χ0) is 20.0. The van der Waals surface area contributed by atoms with Gasteiger partial charge in [-0.05, 0) is 19.4 Å². The van der Waals surface area contributed by atoms with E-state index in [1.165, 1.54) is 6.92 Å². The van der Waals surface area contributed by atoms with Crippen LogP contribution in [0.1, 0.15) is 40.2 Å². The lowest BCUT2D eigenvalue weighted by Gasteiger charge is -2.20. The van der Waals surface area contributed by atoms with Crippen LogP contribution < -0.4 is 4.74 Å². The highest BCUT2D eigenvalue weighted by Crippen LogP contribution is 2.36.